The predicted molar refractivity (Wildman–Crippen MR) is 72.8 cm³/mol. The Morgan fingerprint density at radius 3 is 2.83 bits per heavy atom. The number of nitrogens with two attached hydrogens (primary N) is 1. The molecule has 0 fully saturated rings. The van der Waals surface area contributed by atoms with Crippen molar-refractivity contribution in [2.75, 3.05) is 7.05 Å². The summed E-state index contributed by atoms with van der Waals surface area (Å²) in [7, 11) is 7.44. The largest absolute Gasteiger partial charge is 0.369 e. The van der Waals surface area contributed by atoms with Gasteiger partial charge in [0.15, 0.2) is 5.96 Å². The zero-order valence-corrected chi connectivity index (χ0v) is 10.7. The Balaban J connectivity index is 2.53. The number of rotatable bonds is 2. The molecule has 0 aliphatic carbocycles. The van der Waals surface area contributed by atoms with Gasteiger partial charge in [0.2, 0.25) is 5.91 Å². The summed E-state index contributed by atoms with van der Waals surface area (Å²) in [5.74, 6) is 0.238. The second kappa shape index (κ2) is 4.48. The van der Waals surface area contributed by atoms with E-state index < -0.39 is 5.54 Å². The molecule has 2 N–H and O–H groups in total. The van der Waals surface area contributed by atoms with Crippen LogP contribution in [0.3, 0.4) is 0 Å². The molecule has 1 unspecified atom stereocenters. The first kappa shape index (κ1) is 12.7. The third kappa shape index (κ3) is 2.01. The Morgan fingerprint density at radius 1 is 1.56 bits per heavy atom. The van der Waals surface area contributed by atoms with Crippen molar-refractivity contribution in [3.8, 4) is 0 Å². The maximum atomic E-state index is 12.0. The summed E-state index contributed by atoms with van der Waals surface area (Å²) in [6.07, 6.45) is 1.03. The van der Waals surface area contributed by atoms with Crippen molar-refractivity contribution in [2.45, 2.75) is 25.3 Å². The van der Waals surface area contributed by atoms with Gasteiger partial charge in [0, 0.05) is 7.05 Å². The average molecular weight is 241 g/mol. The highest BCUT2D eigenvalue weighted by Gasteiger charge is 2.38. The monoisotopic (exact) mass is 241 g/mol. The van der Waals surface area contributed by atoms with Gasteiger partial charge in [-0.2, -0.15) is 0 Å². The van der Waals surface area contributed by atoms with E-state index >= 15 is 0 Å². The van der Waals surface area contributed by atoms with Crippen LogP contribution >= 0.6 is 0 Å². The standard InChI is InChI=1S/C13H16BN3O/c1-3-13(9-5-4-6-10(14)7-9)8-11(18)17(2)12(15)16-13/h4-7H,3,8H2,1-2H3,(H2,15,16). The first-order valence-corrected chi connectivity index (χ1v) is 5.96. The fourth-order valence-electron chi connectivity index (χ4n) is 2.23. The number of hydrogen-bond donors (Lipinski definition) is 1. The van der Waals surface area contributed by atoms with E-state index in [2.05, 4.69) is 4.99 Å². The molecular formula is C13H16BN3O. The molecule has 4 nitrogen and oxygen atoms in total. The first-order chi connectivity index (χ1) is 8.48. The Labute approximate surface area is 108 Å². The molecular weight excluding hydrogens is 225 g/mol. The first-order valence-electron chi connectivity index (χ1n) is 5.96. The van der Waals surface area contributed by atoms with Crippen molar-refractivity contribution in [1.29, 1.82) is 0 Å². The second-order valence-corrected chi connectivity index (χ2v) is 4.61. The lowest BCUT2D eigenvalue weighted by Gasteiger charge is -2.36. The van der Waals surface area contributed by atoms with Gasteiger partial charge in [-0.15, -0.1) is 0 Å². The van der Waals surface area contributed by atoms with E-state index in [1.807, 2.05) is 31.2 Å². The highest BCUT2D eigenvalue weighted by atomic mass is 16.2. The van der Waals surface area contributed by atoms with Gasteiger partial charge in [0.05, 0.1) is 12.0 Å². The van der Waals surface area contributed by atoms with Gasteiger partial charge in [0.25, 0.3) is 0 Å². The SMILES string of the molecule is [B]c1cccc(C2(CC)CC(=O)N(C)C(N)=N2)c1. The normalized spacial score (nSPS) is 24.0. The van der Waals surface area contributed by atoms with E-state index in [1.165, 1.54) is 4.90 Å². The van der Waals surface area contributed by atoms with Crippen LogP contribution in [0.15, 0.2) is 29.3 Å². The van der Waals surface area contributed by atoms with E-state index in [1.54, 1.807) is 7.05 Å². The lowest BCUT2D eigenvalue weighted by molar-refractivity contribution is -0.128. The molecule has 18 heavy (non-hydrogen) atoms. The average Bonchev–Trinajstić information content (AvgIpc) is 2.35. The summed E-state index contributed by atoms with van der Waals surface area (Å²) in [6, 6.07) is 7.49. The fraction of sp³-hybridized carbons (Fsp3) is 0.385. The molecule has 1 aromatic carbocycles. The minimum atomic E-state index is -0.580. The van der Waals surface area contributed by atoms with Crippen molar-refractivity contribution in [2.24, 2.45) is 10.7 Å². The molecule has 1 aliphatic rings. The van der Waals surface area contributed by atoms with Crippen LogP contribution in [0.2, 0.25) is 0 Å². The van der Waals surface area contributed by atoms with Crippen LogP contribution < -0.4 is 11.2 Å². The number of aliphatic imine (C=N–C) groups is 1. The molecule has 1 aromatic rings. The predicted octanol–water partition coefficient (Wildman–Crippen LogP) is 0.263. The Kier molecular flexibility index (Phi) is 3.15. The quantitative estimate of drug-likeness (QED) is 0.755. The molecule has 0 aromatic heterocycles. The molecule has 1 atom stereocenters. The maximum Gasteiger partial charge on any atom is 0.231 e. The van der Waals surface area contributed by atoms with Gasteiger partial charge >= 0.3 is 0 Å². The summed E-state index contributed by atoms with van der Waals surface area (Å²) in [4.78, 5) is 17.9. The molecule has 0 saturated carbocycles. The molecule has 0 spiro atoms. The van der Waals surface area contributed by atoms with Crippen LogP contribution in [0.4, 0.5) is 0 Å². The molecule has 1 amide bonds. The zero-order chi connectivity index (χ0) is 13.3. The fourth-order valence-corrected chi connectivity index (χ4v) is 2.23. The van der Waals surface area contributed by atoms with E-state index in [0.717, 1.165) is 5.56 Å². The number of guanidine groups is 1. The molecule has 92 valence electrons. The van der Waals surface area contributed by atoms with Gasteiger partial charge in [-0.05, 0) is 12.0 Å². The zero-order valence-electron chi connectivity index (χ0n) is 10.7. The van der Waals surface area contributed by atoms with Crippen molar-refractivity contribution in [3.05, 3.63) is 29.8 Å². The Hall–Kier alpha value is -1.78. The molecule has 0 saturated heterocycles. The third-order valence-electron chi connectivity index (χ3n) is 3.50. The van der Waals surface area contributed by atoms with Crippen molar-refractivity contribution in [1.82, 2.24) is 4.90 Å². The van der Waals surface area contributed by atoms with Crippen LogP contribution in [0, 0.1) is 0 Å². The number of carbonyl (C=O) groups is 1. The Bertz CT molecular complexity index is 515. The summed E-state index contributed by atoms with van der Waals surface area (Å²) in [5, 5.41) is 0. The van der Waals surface area contributed by atoms with Crippen LogP contribution in [0.25, 0.3) is 0 Å². The number of benzene rings is 1. The van der Waals surface area contributed by atoms with E-state index in [0.29, 0.717) is 18.3 Å². The number of carbonyl (C=O) groups excluding carboxylic acids is 1. The second-order valence-electron chi connectivity index (χ2n) is 4.61. The van der Waals surface area contributed by atoms with E-state index in [-0.39, 0.29) is 11.9 Å². The molecule has 1 aliphatic heterocycles. The van der Waals surface area contributed by atoms with E-state index in [4.69, 9.17) is 13.6 Å². The van der Waals surface area contributed by atoms with Gasteiger partial charge in [0.1, 0.15) is 7.85 Å². The van der Waals surface area contributed by atoms with Crippen LogP contribution in [-0.2, 0) is 10.3 Å². The number of nitrogens with zero attached hydrogens (tertiary/aromatic N) is 2. The van der Waals surface area contributed by atoms with Crippen molar-refractivity contribution >= 4 is 25.2 Å². The van der Waals surface area contributed by atoms with Gasteiger partial charge < -0.3 is 5.73 Å². The number of amides is 1. The lowest BCUT2D eigenvalue weighted by atomic mass is 9.80. The van der Waals surface area contributed by atoms with E-state index in [9.17, 15) is 4.79 Å². The topological polar surface area (TPSA) is 58.7 Å². The molecule has 5 heteroatoms. The highest BCUT2D eigenvalue weighted by Crippen LogP contribution is 2.35. The smallest absolute Gasteiger partial charge is 0.231 e. The summed E-state index contributed by atoms with van der Waals surface area (Å²) in [6.45, 7) is 2.00. The number of hydrogen-bond acceptors (Lipinski definition) is 3. The minimum absolute atomic E-state index is 0.0215. The molecule has 2 radical (unpaired) electrons. The summed E-state index contributed by atoms with van der Waals surface area (Å²) < 4.78 is 0. The highest BCUT2D eigenvalue weighted by molar-refractivity contribution is 6.32. The van der Waals surface area contributed by atoms with Crippen LogP contribution in [0.5, 0.6) is 0 Å². The van der Waals surface area contributed by atoms with Gasteiger partial charge in [-0.25, -0.2) is 4.99 Å². The summed E-state index contributed by atoms with van der Waals surface area (Å²) >= 11 is 0. The van der Waals surface area contributed by atoms with Gasteiger partial charge in [-0.3, -0.25) is 9.69 Å². The van der Waals surface area contributed by atoms with Crippen molar-refractivity contribution in [3.63, 3.8) is 0 Å². The molecule has 0 bridgehead atoms. The maximum absolute atomic E-state index is 12.0. The lowest BCUT2D eigenvalue weighted by Crippen LogP contribution is -2.48. The molecule has 2 rings (SSSR count). The van der Waals surface area contributed by atoms with Gasteiger partial charge in [-0.1, -0.05) is 36.7 Å². The Morgan fingerprint density at radius 2 is 2.28 bits per heavy atom. The minimum Gasteiger partial charge on any atom is -0.369 e. The molecule has 1 heterocycles. The van der Waals surface area contributed by atoms with Crippen molar-refractivity contribution < 1.29 is 4.79 Å². The summed E-state index contributed by atoms with van der Waals surface area (Å²) in [5.41, 5.74) is 6.85. The third-order valence-corrected chi connectivity index (χ3v) is 3.50. The van der Waals surface area contributed by atoms with Crippen LogP contribution in [0.1, 0.15) is 25.3 Å². The van der Waals surface area contributed by atoms with Crippen LogP contribution in [-0.4, -0.2) is 31.7 Å².